The number of thioether (sulfide) groups is 1. The Bertz CT molecular complexity index is 443. The van der Waals surface area contributed by atoms with Crippen LogP contribution in [0.25, 0.3) is 0 Å². The van der Waals surface area contributed by atoms with Gasteiger partial charge in [-0.3, -0.25) is 10.1 Å². The lowest BCUT2D eigenvalue weighted by atomic mass is 10.0. The Morgan fingerprint density at radius 3 is 2.70 bits per heavy atom. The van der Waals surface area contributed by atoms with Gasteiger partial charge in [-0.15, -0.1) is 11.8 Å². The van der Waals surface area contributed by atoms with Gasteiger partial charge in [-0.05, 0) is 13.8 Å². The summed E-state index contributed by atoms with van der Waals surface area (Å²) < 4.78 is 2.75. The molecule has 0 bridgehead atoms. The van der Waals surface area contributed by atoms with Gasteiger partial charge in [-0.25, -0.2) is 4.79 Å². The Morgan fingerprint density at radius 1 is 1.55 bits per heavy atom. The molecule has 2 aliphatic rings. The second-order valence-electron chi connectivity index (χ2n) is 5.12. The molecule has 114 valence electrons. The maximum atomic E-state index is 11.8. The molecule has 10 heteroatoms. The van der Waals surface area contributed by atoms with E-state index in [-0.39, 0.29) is 22.6 Å². The third kappa shape index (κ3) is 3.06. The number of nitrogens with one attached hydrogen (secondary N) is 1. The number of hydrogen-bond donors (Lipinski definition) is 2. The largest absolute Gasteiger partial charge is 0.445 e. The fourth-order valence-corrected chi connectivity index (χ4v) is 3.86. The number of alkyl carbamates (subject to hydrolysis) is 1. The van der Waals surface area contributed by atoms with Crippen molar-refractivity contribution in [3.63, 3.8) is 0 Å². The number of alkyl halides is 3. The van der Waals surface area contributed by atoms with E-state index >= 15 is 0 Å². The summed E-state index contributed by atoms with van der Waals surface area (Å²) in [5, 5.41) is 2.49. The molecule has 3 atom stereocenters. The van der Waals surface area contributed by atoms with Crippen LogP contribution < -0.4 is 11.1 Å². The summed E-state index contributed by atoms with van der Waals surface area (Å²) in [4.78, 5) is 25.0. The Kier molecular flexibility index (Phi) is 4.30. The van der Waals surface area contributed by atoms with Crippen LogP contribution in [0, 0.1) is 0 Å². The smallest absolute Gasteiger partial charge is 0.408 e. The van der Waals surface area contributed by atoms with Crippen LogP contribution in [0.15, 0.2) is 0 Å². The van der Waals surface area contributed by atoms with Gasteiger partial charge in [0, 0.05) is 0 Å². The molecule has 0 aromatic rings. The van der Waals surface area contributed by atoms with Gasteiger partial charge in [0.05, 0.1) is 4.75 Å². The van der Waals surface area contributed by atoms with E-state index in [1.165, 1.54) is 11.8 Å². The lowest BCUT2D eigenvalue weighted by Crippen LogP contribution is -2.70. The first-order valence-corrected chi connectivity index (χ1v) is 7.80. The summed E-state index contributed by atoms with van der Waals surface area (Å²) in [7, 11) is 0. The molecule has 2 fully saturated rings. The number of β-lactam (4-membered cyclic amide) rings is 1. The molecule has 20 heavy (non-hydrogen) atoms. The van der Waals surface area contributed by atoms with Crippen molar-refractivity contribution in [1.29, 1.82) is 0 Å². The first-order valence-electron chi connectivity index (χ1n) is 5.78. The molecule has 0 saturated carbocycles. The van der Waals surface area contributed by atoms with E-state index in [0.717, 1.165) is 0 Å². The van der Waals surface area contributed by atoms with Crippen molar-refractivity contribution in [3.05, 3.63) is 0 Å². The number of ether oxygens (including phenoxy) is 1. The van der Waals surface area contributed by atoms with Crippen molar-refractivity contribution in [2.45, 2.75) is 40.0 Å². The van der Waals surface area contributed by atoms with Crippen LogP contribution in [0.4, 0.5) is 4.79 Å². The zero-order chi connectivity index (χ0) is 15.3. The Balaban J connectivity index is 1.98. The monoisotopic (exact) mass is 361 g/mol. The van der Waals surface area contributed by atoms with E-state index in [2.05, 4.69) is 5.32 Å². The topological polar surface area (TPSA) is 84.7 Å². The average molecular weight is 363 g/mol. The van der Waals surface area contributed by atoms with E-state index in [4.69, 9.17) is 45.3 Å². The molecule has 0 radical (unpaired) electrons. The van der Waals surface area contributed by atoms with E-state index in [1.54, 1.807) is 4.90 Å². The average Bonchev–Trinajstić information content (AvgIpc) is 2.55. The van der Waals surface area contributed by atoms with Gasteiger partial charge < -0.3 is 15.4 Å². The number of halogens is 3. The summed E-state index contributed by atoms with van der Waals surface area (Å²) in [6.07, 6.45) is -1.25. The van der Waals surface area contributed by atoms with Crippen LogP contribution in [0.5, 0.6) is 0 Å². The first-order chi connectivity index (χ1) is 9.03. The van der Waals surface area contributed by atoms with E-state index < -0.39 is 22.1 Å². The second kappa shape index (κ2) is 5.28. The predicted octanol–water partition coefficient (Wildman–Crippen LogP) is 1.43. The van der Waals surface area contributed by atoms with Gasteiger partial charge in [0.1, 0.15) is 24.2 Å². The van der Waals surface area contributed by atoms with Crippen molar-refractivity contribution in [2.24, 2.45) is 5.73 Å². The van der Waals surface area contributed by atoms with Crippen LogP contribution in [0.2, 0.25) is 0 Å². The highest BCUT2D eigenvalue weighted by Crippen LogP contribution is 2.49. The van der Waals surface area contributed by atoms with Crippen molar-refractivity contribution >= 4 is 58.6 Å². The third-order valence-electron chi connectivity index (χ3n) is 3.10. The van der Waals surface area contributed by atoms with Crippen LogP contribution in [-0.2, 0) is 9.53 Å². The molecule has 0 aromatic carbocycles. The highest BCUT2D eigenvalue weighted by Gasteiger charge is 2.60. The van der Waals surface area contributed by atoms with Crippen LogP contribution in [0.1, 0.15) is 13.8 Å². The van der Waals surface area contributed by atoms with Gasteiger partial charge in [0.25, 0.3) is 0 Å². The molecule has 3 unspecified atom stereocenters. The Labute approximate surface area is 135 Å². The number of nitrogens with zero attached hydrogens (tertiary/aromatic N) is 1. The molecule has 0 aliphatic carbocycles. The van der Waals surface area contributed by atoms with Gasteiger partial charge in [0.2, 0.25) is 9.70 Å². The molecule has 0 aromatic heterocycles. The Hall–Kier alpha value is -0.0800. The molecular weight excluding hydrogens is 349 g/mol. The number of hydrogen-bond acceptors (Lipinski definition) is 5. The number of carbonyl (C=O) groups excluding carboxylic acids is 2. The zero-order valence-corrected chi connectivity index (χ0v) is 13.8. The van der Waals surface area contributed by atoms with Gasteiger partial charge >= 0.3 is 6.09 Å². The van der Waals surface area contributed by atoms with E-state index in [9.17, 15) is 9.59 Å². The van der Waals surface area contributed by atoms with Gasteiger partial charge in [-0.2, -0.15) is 0 Å². The number of nitrogens with two attached hydrogens (primary N) is 1. The molecule has 6 nitrogen and oxygen atoms in total. The number of amides is 2. The van der Waals surface area contributed by atoms with Crippen molar-refractivity contribution in [2.75, 3.05) is 6.61 Å². The van der Waals surface area contributed by atoms with E-state index in [1.807, 2.05) is 13.8 Å². The number of rotatable bonds is 2. The van der Waals surface area contributed by atoms with Crippen LogP contribution in [0.3, 0.4) is 0 Å². The minimum atomic E-state index is -1.67. The van der Waals surface area contributed by atoms with Crippen LogP contribution >= 0.6 is 46.6 Å². The fourth-order valence-electron chi connectivity index (χ4n) is 2.17. The minimum Gasteiger partial charge on any atom is -0.445 e. The summed E-state index contributed by atoms with van der Waals surface area (Å²) in [6, 6.07) is -0.525. The molecular formula is C10H14Cl3N3O3S. The number of carbonyl (C=O) groups is 2. The highest BCUT2D eigenvalue weighted by atomic mass is 35.6. The van der Waals surface area contributed by atoms with Gasteiger partial charge in [0.15, 0.2) is 0 Å². The quantitative estimate of drug-likeness (QED) is 0.573. The molecule has 0 spiro atoms. The minimum absolute atomic E-state index is 0.129. The van der Waals surface area contributed by atoms with Crippen molar-refractivity contribution in [1.82, 2.24) is 10.2 Å². The highest BCUT2D eigenvalue weighted by molar-refractivity contribution is 8.01. The summed E-state index contributed by atoms with van der Waals surface area (Å²) >= 11 is 18.0. The Morgan fingerprint density at radius 2 is 2.15 bits per heavy atom. The first kappa shape index (κ1) is 16.3. The standard InChI is InChI=1S/C10H14Cl3N3O3S/c1-9(2)7(15-8(18)19-3-10(11,12)13)16-5(17)4(14)6(16)20-9/h4,6-7H,3,14H2,1-2H3,(H,15,18). The van der Waals surface area contributed by atoms with Crippen LogP contribution in [-0.4, -0.2) is 49.6 Å². The maximum Gasteiger partial charge on any atom is 0.408 e. The third-order valence-corrected chi connectivity index (χ3v) is 5.02. The molecule has 3 N–H and O–H groups in total. The fraction of sp³-hybridized carbons (Fsp3) is 0.800. The molecule has 2 heterocycles. The molecule has 2 rings (SSSR count). The second-order valence-corrected chi connectivity index (χ2v) is 9.41. The summed E-state index contributed by atoms with van der Waals surface area (Å²) in [6.45, 7) is 3.45. The lowest BCUT2D eigenvalue weighted by Gasteiger charge is -2.42. The summed E-state index contributed by atoms with van der Waals surface area (Å²) in [5.74, 6) is -0.195. The number of fused-ring (bicyclic) bond motifs is 1. The molecule has 2 saturated heterocycles. The normalized spacial score (nSPS) is 31.6. The summed E-state index contributed by atoms with van der Waals surface area (Å²) in [5.41, 5.74) is 5.73. The maximum absolute atomic E-state index is 11.8. The van der Waals surface area contributed by atoms with Crippen molar-refractivity contribution < 1.29 is 14.3 Å². The van der Waals surface area contributed by atoms with E-state index in [0.29, 0.717) is 0 Å². The zero-order valence-electron chi connectivity index (χ0n) is 10.7. The van der Waals surface area contributed by atoms with Gasteiger partial charge in [-0.1, -0.05) is 34.8 Å². The van der Waals surface area contributed by atoms with Crippen molar-refractivity contribution in [3.8, 4) is 0 Å². The molecule has 2 aliphatic heterocycles. The molecule has 2 amide bonds. The predicted molar refractivity (Wildman–Crippen MR) is 78.8 cm³/mol. The lowest BCUT2D eigenvalue weighted by molar-refractivity contribution is -0.147. The SMILES string of the molecule is CC1(C)SC2C(N)C(=O)N2C1NC(=O)OCC(Cl)(Cl)Cl.